The van der Waals surface area contributed by atoms with E-state index in [4.69, 9.17) is 4.74 Å². The summed E-state index contributed by atoms with van der Waals surface area (Å²) >= 11 is 3.39. The Morgan fingerprint density at radius 2 is 2.06 bits per heavy atom. The van der Waals surface area contributed by atoms with E-state index in [2.05, 4.69) is 21.4 Å². The molecular weight excluding hydrogens is 296 g/mol. The lowest BCUT2D eigenvalue weighted by Crippen LogP contribution is -2.45. The lowest BCUT2D eigenvalue weighted by molar-refractivity contribution is 0.0749. The summed E-state index contributed by atoms with van der Waals surface area (Å²) in [6.45, 7) is 1.85. The maximum Gasteiger partial charge on any atom is 0.266 e. The van der Waals surface area contributed by atoms with E-state index in [1.54, 1.807) is 13.2 Å². The van der Waals surface area contributed by atoms with Crippen molar-refractivity contribution in [2.24, 2.45) is 0 Å². The average molecular weight is 313 g/mol. The maximum atomic E-state index is 12.2. The van der Waals surface area contributed by atoms with Crippen LogP contribution in [0.1, 0.15) is 29.6 Å². The highest BCUT2D eigenvalue weighted by Gasteiger charge is 2.16. The monoisotopic (exact) mass is 312 g/mol. The molecule has 2 rings (SSSR count). The number of hydrazine groups is 1. The molecule has 5 heteroatoms. The Hall–Kier alpha value is -1.07. The highest BCUT2D eigenvalue weighted by molar-refractivity contribution is 9.10. The summed E-state index contributed by atoms with van der Waals surface area (Å²) in [6, 6.07) is 5.38. The molecule has 1 aliphatic rings. The predicted octanol–water partition coefficient (Wildman–Crippen LogP) is 2.59. The topological polar surface area (TPSA) is 41.6 Å². The number of hydrogen-bond acceptors (Lipinski definition) is 3. The number of halogens is 1. The molecule has 1 aromatic rings. The first-order chi connectivity index (χ1) is 8.70. The highest BCUT2D eigenvalue weighted by atomic mass is 79.9. The second kappa shape index (κ2) is 6.20. The first-order valence-corrected chi connectivity index (χ1v) is 6.89. The van der Waals surface area contributed by atoms with E-state index in [9.17, 15) is 4.79 Å². The van der Waals surface area contributed by atoms with Gasteiger partial charge in [0.2, 0.25) is 0 Å². The van der Waals surface area contributed by atoms with Gasteiger partial charge in [0.15, 0.2) is 0 Å². The van der Waals surface area contributed by atoms with Crippen LogP contribution >= 0.6 is 15.9 Å². The Morgan fingerprint density at radius 3 is 2.72 bits per heavy atom. The van der Waals surface area contributed by atoms with Gasteiger partial charge in [0.1, 0.15) is 5.75 Å². The van der Waals surface area contributed by atoms with Crippen LogP contribution in [0, 0.1) is 0 Å². The van der Waals surface area contributed by atoms with E-state index in [1.807, 2.05) is 17.1 Å². The van der Waals surface area contributed by atoms with Crippen molar-refractivity contribution >= 4 is 21.8 Å². The normalized spacial score (nSPS) is 16.3. The molecule has 0 radical (unpaired) electrons. The van der Waals surface area contributed by atoms with Crippen molar-refractivity contribution in [1.29, 1.82) is 0 Å². The Balaban J connectivity index is 2.07. The zero-order chi connectivity index (χ0) is 13.0. The number of carbonyl (C=O) groups excluding carboxylic acids is 1. The molecule has 1 heterocycles. The summed E-state index contributed by atoms with van der Waals surface area (Å²) in [5, 5.41) is 1.98. The van der Waals surface area contributed by atoms with Crippen LogP contribution in [0.5, 0.6) is 5.75 Å². The fourth-order valence-corrected chi connectivity index (χ4v) is 2.44. The van der Waals surface area contributed by atoms with E-state index in [0.717, 1.165) is 30.4 Å². The number of methoxy groups -OCH3 is 1. The number of ether oxygens (including phenoxy) is 1. The summed E-state index contributed by atoms with van der Waals surface area (Å²) in [5.41, 5.74) is 3.53. The van der Waals surface area contributed by atoms with Gasteiger partial charge in [-0.25, -0.2) is 5.01 Å². The zero-order valence-corrected chi connectivity index (χ0v) is 12.0. The van der Waals surface area contributed by atoms with Gasteiger partial charge in [0, 0.05) is 17.6 Å². The fraction of sp³-hybridized carbons (Fsp3) is 0.462. The zero-order valence-electron chi connectivity index (χ0n) is 10.4. The van der Waals surface area contributed by atoms with Crippen LogP contribution in [0.2, 0.25) is 0 Å². The smallest absolute Gasteiger partial charge is 0.266 e. The molecule has 1 aromatic carbocycles. The molecule has 0 aromatic heterocycles. The molecule has 0 aliphatic carbocycles. The highest BCUT2D eigenvalue weighted by Crippen LogP contribution is 2.22. The van der Waals surface area contributed by atoms with Gasteiger partial charge in [-0.05, 0) is 47.0 Å². The van der Waals surface area contributed by atoms with Crippen molar-refractivity contribution in [3.63, 3.8) is 0 Å². The number of amides is 1. The van der Waals surface area contributed by atoms with Crippen LogP contribution in [0.15, 0.2) is 22.7 Å². The minimum atomic E-state index is -0.0947. The van der Waals surface area contributed by atoms with Crippen LogP contribution in [-0.2, 0) is 0 Å². The second-order valence-electron chi connectivity index (χ2n) is 4.33. The van der Waals surface area contributed by atoms with Crippen molar-refractivity contribution < 1.29 is 9.53 Å². The molecule has 1 fully saturated rings. The molecule has 1 amide bonds. The van der Waals surface area contributed by atoms with E-state index in [-0.39, 0.29) is 5.91 Å². The van der Waals surface area contributed by atoms with E-state index in [0.29, 0.717) is 11.3 Å². The SMILES string of the molecule is COc1ccc(Br)c(C(=O)NN2CCCCC2)c1. The predicted molar refractivity (Wildman–Crippen MR) is 73.6 cm³/mol. The Labute approximate surface area is 115 Å². The molecule has 0 unspecified atom stereocenters. The van der Waals surface area contributed by atoms with Gasteiger partial charge in [-0.3, -0.25) is 10.2 Å². The maximum absolute atomic E-state index is 12.2. The Morgan fingerprint density at radius 1 is 1.33 bits per heavy atom. The van der Waals surface area contributed by atoms with Crippen LogP contribution < -0.4 is 10.2 Å². The second-order valence-corrected chi connectivity index (χ2v) is 5.19. The molecule has 1 N–H and O–H groups in total. The van der Waals surface area contributed by atoms with Crippen LogP contribution in [0.3, 0.4) is 0 Å². The average Bonchev–Trinajstić information content (AvgIpc) is 2.40. The molecular formula is C13H17BrN2O2. The van der Waals surface area contributed by atoms with Gasteiger partial charge < -0.3 is 4.74 Å². The van der Waals surface area contributed by atoms with Crippen molar-refractivity contribution in [3.05, 3.63) is 28.2 Å². The molecule has 0 spiro atoms. The largest absolute Gasteiger partial charge is 0.497 e. The molecule has 0 bridgehead atoms. The molecule has 18 heavy (non-hydrogen) atoms. The first kappa shape index (κ1) is 13.4. The molecule has 0 atom stereocenters. The van der Waals surface area contributed by atoms with Gasteiger partial charge in [0.05, 0.1) is 12.7 Å². The quantitative estimate of drug-likeness (QED) is 0.932. The van der Waals surface area contributed by atoms with Crippen LogP contribution in [0.4, 0.5) is 0 Å². The van der Waals surface area contributed by atoms with Crippen molar-refractivity contribution in [1.82, 2.24) is 10.4 Å². The number of rotatable bonds is 3. The van der Waals surface area contributed by atoms with Gasteiger partial charge in [-0.1, -0.05) is 6.42 Å². The summed E-state index contributed by atoms with van der Waals surface area (Å²) in [5.74, 6) is 0.588. The lowest BCUT2D eigenvalue weighted by atomic mass is 10.1. The van der Waals surface area contributed by atoms with Crippen molar-refractivity contribution in [2.75, 3.05) is 20.2 Å². The number of carbonyl (C=O) groups is 1. The van der Waals surface area contributed by atoms with Crippen molar-refractivity contribution in [3.8, 4) is 5.75 Å². The first-order valence-electron chi connectivity index (χ1n) is 6.10. The number of hydrogen-bond donors (Lipinski definition) is 1. The van der Waals surface area contributed by atoms with Gasteiger partial charge in [0.25, 0.3) is 5.91 Å². The molecule has 1 aliphatic heterocycles. The summed E-state index contributed by atoms with van der Waals surface area (Å²) < 4.78 is 5.91. The van der Waals surface area contributed by atoms with Gasteiger partial charge in [-0.2, -0.15) is 0 Å². The van der Waals surface area contributed by atoms with E-state index >= 15 is 0 Å². The molecule has 4 nitrogen and oxygen atoms in total. The number of benzene rings is 1. The van der Waals surface area contributed by atoms with Gasteiger partial charge >= 0.3 is 0 Å². The Bertz CT molecular complexity index is 431. The third-order valence-corrected chi connectivity index (χ3v) is 3.73. The Kier molecular flexibility index (Phi) is 4.60. The summed E-state index contributed by atoms with van der Waals surface area (Å²) in [4.78, 5) is 12.2. The van der Waals surface area contributed by atoms with E-state index < -0.39 is 0 Å². The standard InChI is InChI=1S/C13H17BrN2O2/c1-18-10-5-6-12(14)11(9-10)13(17)15-16-7-3-2-4-8-16/h5-6,9H,2-4,7-8H2,1H3,(H,15,17). The number of piperidine rings is 1. The summed E-state index contributed by atoms with van der Waals surface area (Å²) in [6.07, 6.45) is 3.52. The van der Waals surface area contributed by atoms with Crippen LogP contribution in [-0.4, -0.2) is 31.1 Å². The summed E-state index contributed by atoms with van der Waals surface area (Å²) in [7, 11) is 1.59. The fourth-order valence-electron chi connectivity index (χ4n) is 2.01. The minimum absolute atomic E-state index is 0.0947. The number of nitrogens with zero attached hydrogens (tertiary/aromatic N) is 1. The third kappa shape index (κ3) is 3.23. The third-order valence-electron chi connectivity index (χ3n) is 3.03. The molecule has 0 saturated carbocycles. The minimum Gasteiger partial charge on any atom is -0.497 e. The van der Waals surface area contributed by atoms with Crippen LogP contribution in [0.25, 0.3) is 0 Å². The molecule has 98 valence electrons. The number of nitrogens with one attached hydrogen (secondary N) is 1. The van der Waals surface area contributed by atoms with Gasteiger partial charge in [-0.15, -0.1) is 0 Å². The molecule has 1 saturated heterocycles. The lowest BCUT2D eigenvalue weighted by Gasteiger charge is -2.27. The van der Waals surface area contributed by atoms with E-state index in [1.165, 1.54) is 6.42 Å². The van der Waals surface area contributed by atoms with Crippen molar-refractivity contribution in [2.45, 2.75) is 19.3 Å².